The van der Waals surface area contributed by atoms with Gasteiger partial charge in [0.2, 0.25) is 5.95 Å². The lowest BCUT2D eigenvalue weighted by Gasteiger charge is -2.13. The lowest BCUT2D eigenvalue weighted by molar-refractivity contribution is 0.102. The standard InChI is InChI=1S/C20H19ClN4O/c1-13(2)15-7-3-5-9-17(15)25-20-22-11-14(12-23-20)19(26)24-18-10-6-4-8-16(18)21/h3-13H,1-2H3,(H,24,26)(H,22,23,25). The largest absolute Gasteiger partial charge is 0.324 e. The van der Waals surface area contributed by atoms with E-state index >= 15 is 0 Å². The van der Waals surface area contributed by atoms with Gasteiger partial charge in [-0.1, -0.05) is 55.8 Å². The molecule has 0 bridgehead atoms. The molecule has 1 heterocycles. The van der Waals surface area contributed by atoms with Crippen LogP contribution < -0.4 is 10.6 Å². The van der Waals surface area contributed by atoms with Gasteiger partial charge < -0.3 is 10.6 Å². The average molecular weight is 367 g/mol. The minimum atomic E-state index is -0.313. The Morgan fingerprint density at radius 3 is 2.23 bits per heavy atom. The maximum atomic E-state index is 12.3. The third kappa shape index (κ3) is 4.18. The molecule has 2 N–H and O–H groups in total. The number of carbonyl (C=O) groups is 1. The zero-order valence-corrected chi connectivity index (χ0v) is 15.3. The summed E-state index contributed by atoms with van der Waals surface area (Å²) in [5.41, 5.74) is 3.03. The van der Waals surface area contributed by atoms with E-state index in [9.17, 15) is 4.79 Å². The zero-order chi connectivity index (χ0) is 18.5. The van der Waals surface area contributed by atoms with Gasteiger partial charge in [0, 0.05) is 18.1 Å². The highest BCUT2D eigenvalue weighted by Gasteiger charge is 2.11. The maximum Gasteiger partial charge on any atom is 0.258 e. The predicted molar refractivity (Wildman–Crippen MR) is 105 cm³/mol. The van der Waals surface area contributed by atoms with Gasteiger partial charge >= 0.3 is 0 Å². The third-order valence-electron chi connectivity index (χ3n) is 3.87. The van der Waals surface area contributed by atoms with Crippen LogP contribution in [0, 0.1) is 0 Å². The number of hydrogen-bond acceptors (Lipinski definition) is 4. The van der Waals surface area contributed by atoms with Gasteiger partial charge in [0.25, 0.3) is 5.91 Å². The Bertz CT molecular complexity index is 910. The first-order valence-electron chi connectivity index (χ1n) is 8.28. The van der Waals surface area contributed by atoms with Crippen LogP contribution in [0.25, 0.3) is 0 Å². The summed E-state index contributed by atoms with van der Waals surface area (Å²) in [6, 6.07) is 15.1. The van der Waals surface area contributed by atoms with E-state index in [-0.39, 0.29) is 5.91 Å². The number of halogens is 1. The van der Waals surface area contributed by atoms with Crippen LogP contribution in [0.3, 0.4) is 0 Å². The lowest BCUT2D eigenvalue weighted by Crippen LogP contribution is -2.13. The maximum absolute atomic E-state index is 12.3. The molecule has 6 heteroatoms. The van der Waals surface area contributed by atoms with Crippen molar-refractivity contribution in [3.63, 3.8) is 0 Å². The van der Waals surface area contributed by atoms with Gasteiger partial charge in [-0.15, -0.1) is 0 Å². The number of carbonyl (C=O) groups excluding carboxylic acids is 1. The van der Waals surface area contributed by atoms with E-state index in [0.717, 1.165) is 5.69 Å². The highest BCUT2D eigenvalue weighted by Crippen LogP contribution is 2.25. The van der Waals surface area contributed by atoms with Gasteiger partial charge in [-0.3, -0.25) is 4.79 Å². The summed E-state index contributed by atoms with van der Waals surface area (Å²) in [4.78, 5) is 20.8. The number of aromatic nitrogens is 2. The molecule has 0 spiro atoms. The number of para-hydroxylation sites is 2. The van der Waals surface area contributed by atoms with E-state index in [4.69, 9.17) is 11.6 Å². The van der Waals surface area contributed by atoms with Crippen molar-refractivity contribution in [3.05, 3.63) is 77.1 Å². The van der Waals surface area contributed by atoms with Crippen molar-refractivity contribution in [3.8, 4) is 0 Å². The molecule has 3 rings (SSSR count). The van der Waals surface area contributed by atoms with Crippen LogP contribution in [0.4, 0.5) is 17.3 Å². The molecule has 1 amide bonds. The van der Waals surface area contributed by atoms with Crippen LogP contribution in [0.1, 0.15) is 35.7 Å². The normalized spacial score (nSPS) is 10.6. The predicted octanol–water partition coefficient (Wildman–Crippen LogP) is 5.25. The molecule has 0 aliphatic heterocycles. The molecular formula is C20H19ClN4O. The molecular weight excluding hydrogens is 348 g/mol. The fourth-order valence-electron chi connectivity index (χ4n) is 2.50. The first-order chi connectivity index (χ1) is 12.5. The Balaban J connectivity index is 1.73. The van der Waals surface area contributed by atoms with Crippen molar-refractivity contribution in [1.82, 2.24) is 9.97 Å². The molecule has 0 radical (unpaired) electrons. The molecule has 0 unspecified atom stereocenters. The summed E-state index contributed by atoms with van der Waals surface area (Å²) >= 11 is 6.06. The van der Waals surface area contributed by atoms with E-state index in [1.165, 1.54) is 18.0 Å². The van der Waals surface area contributed by atoms with Crippen LogP contribution in [-0.2, 0) is 0 Å². The fourth-order valence-corrected chi connectivity index (χ4v) is 2.68. The molecule has 132 valence electrons. The summed E-state index contributed by atoms with van der Waals surface area (Å²) in [7, 11) is 0. The van der Waals surface area contributed by atoms with Crippen molar-refractivity contribution in [2.45, 2.75) is 19.8 Å². The Kier molecular flexibility index (Phi) is 5.49. The van der Waals surface area contributed by atoms with Crippen molar-refractivity contribution in [1.29, 1.82) is 0 Å². The highest BCUT2D eigenvalue weighted by atomic mass is 35.5. The number of benzene rings is 2. The zero-order valence-electron chi connectivity index (χ0n) is 14.5. The number of rotatable bonds is 5. The molecule has 0 atom stereocenters. The fraction of sp³-hybridized carbons (Fsp3) is 0.150. The van der Waals surface area contributed by atoms with Crippen LogP contribution in [0.2, 0.25) is 5.02 Å². The smallest absolute Gasteiger partial charge is 0.258 e. The molecule has 0 fully saturated rings. The van der Waals surface area contributed by atoms with E-state index in [1.807, 2.05) is 18.2 Å². The Labute approximate surface area is 157 Å². The quantitative estimate of drug-likeness (QED) is 0.647. The van der Waals surface area contributed by atoms with E-state index in [0.29, 0.717) is 28.1 Å². The molecule has 2 aromatic carbocycles. The first kappa shape index (κ1) is 17.9. The average Bonchev–Trinajstić information content (AvgIpc) is 2.64. The minimum Gasteiger partial charge on any atom is -0.324 e. The molecule has 0 saturated heterocycles. The summed E-state index contributed by atoms with van der Waals surface area (Å²) in [5.74, 6) is 0.499. The Morgan fingerprint density at radius 2 is 1.58 bits per heavy atom. The number of amides is 1. The van der Waals surface area contributed by atoms with Gasteiger partial charge in [-0.2, -0.15) is 0 Å². The van der Waals surface area contributed by atoms with Crippen LogP contribution >= 0.6 is 11.6 Å². The molecule has 1 aromatic heterocycles. The monoisotopic (exact) mass is 366 g/mol. The molecule has 0 saturated carbocycles. The van der Waals surface area contributed by atoms with Crippen LogP contribution in [-0.4, -0.2) is 15.9 Å². The first-order valence-corrected chi connectivity index (χ1v) is 8.66. The molecule has 3 aromatic rings. The summed E-state index contributed by atoms with van der Waals surface area (Å²) < 4.78 is 0. The lowest BCUT2D eigenvalue weighted by atomic mass is 10.0. The van der Waals surface area contributed by atoms with Crippen molar-refractivity contribution in [2.24, 2.45) is 0 Å². The van der Waals surface area contributed by atoms with Gasteiger partial charge in [0.15, 0.2) is 0 Å². The van der Waals surface area contributed by atoms with Gasteiger partial charge in [-0.25, -0.2) is 9.97 Å². The van der Waals surface area contributed by atoms with Crippen molar-refractivity contribution < 1.29 is 4.79 Å². The molecule has 5 nitrogen and oxygen atoms in total. The van der Waals surface area contributed by atoms with Gasteiger partial charge in [0.1, 0.15) is 0 Å². The number of nitrogens with zero attached hydrogens (tertiary/aromatic N) is 2. The third-order valence-corrected chi connectivity index (χ3v) is 4.19. The second-order valence-electron chi connectivity index (χ2n) is 6.10. The van der Waals surface area contributed by atoms with Crippen molar-refractivity contribution in [2.75, 3.05) is 10.6 Å². The molecule has 0 aliphatic carbocycles. The summed E-state index contributed by atoms with van der Waals surface area (Å²) in [6.07, 6.45) is 2.97. The van der Waals surface area contributed by atoms with Crippen LogP contribution in [0.5, 0.6) is 0 Å². The molecule has 0 aliphatic rings. The number of anilines is 3. The van der Waals surface area contributed by atoms with Gasteiger partial charge in [0.05, 0.1) is 16.3 Å². The topological polar surface area (TPSA) is 66.9 Å². The van der Waals surface area contributed by atoms with E-state index < -0.39 is 0 Å². The Morgan fingerprint density at radius 1 is 0.962 bits per heavy atom. The number of nitrogens with one attached hydrogen (secondary N) is 2. The molecule has 26 heavy (non-hydrogen) atoms. The summed E-state index contributed by atoms with van der Waals surface area (Å²) in [6.45, 7) is 4.26. The number of hydrogen-bond donors (Lipinski definition) is 2. The highest BCUT2D eigenvalue weighted by molar-refractivity contribution is 6.33. The summed E-state index contributed by atoms with van der Waals surface area (Å²) in [5, 5.41) is 6.43. The second kappa shape index (κ2) is 7.97. The van der Waals surface area contributed by atoms with Gasteiger partial charge in [-0.05, 0) is 29.7 Å². The van der Waals surface area contributed by atoms with E-state index in [1.54, 1.807) is 24.3 Å². The van der Waals surface area contributed by atoms with E-state index in [2.05, 4.69) is 40.5 Å². The minimum absolute atomic E-state index is 0.313. The SMILES string of the molecule is CC(C)c1ccccc1Nc1ncc(C(=O)Nc2ccccc2Cl)cn1. The second-order valence-corrected chi connectivity index (χ2v) is 6.50. The van der Waals surface area contributed by atoms with Crippen molar-refractivity contribution >= 4 is 34.8 Å². The van der Waals surface area contributed by atoms with Crippen LogP contribution in [0.15, 0.2) is 60.9 Å². The Hall–Kier alpha value is -2.92.